The number of carbonyl (C=O) groups is 1. The van der Waals surface area contributed by atoms with E-state index in [1.165, 1.54) is 24.8 Å². The minimum Gasteiger partial charge on any atom is -0.489 e. The van der Waals surface area contributed by atoms with Gasteiger partial charge in [0, 0.05) is 17.2 Å². The van der Waals surface area contributed by atoms with Gasteiger partial charge in [-0.05, 0) is 43.0 Å². The number of hydrogen-bond donors (Lipinski definition) is 1. The summed E-state index contributed by atoms with van der Waals surface area (Å²) in [5, 5.41) is 7.73. The van der Waals surface area contributed by atoms with Crippen molar-refractivity contribution >= 4 is 5.91 Å². The molecule has 1 N–H and O–H groups in total. The Labute approximate surface area is 212 Å². The lowest BCUT2D eigenvalue weighted by molar-refractivity contribution is 0.0606. The molecule has 1 fully saturated rings. The van der Waals surface area contributed by atoms with Gasteiger partial charge in [0.2, 0.25) is 0 Å². The Hall–Kier alpha value is -3.86. The van der Waals surface area contributed by atoms with E-state index in [-0.39, 0.29) is 18.0 Å². The third-order valence-electron chi connectivity index (χ3n) is 7.54. The molecule has 5 heteroatoms. The Balaban J connectivity index is 1.35. The van der Waals surface area contributed by atoms with Crippen LogP contribution >= 0.6 is 0 Å². The summed E-state index contributed by atoms with van der Waals surface area (Å²) in [7, 11) is 0. The largest absolute Gasteiger partial charge is 0.489 e. The average molecular weight is 478 g/mol. The molecule has 1 unspecified atom stereocenters. The zero-order valence-corrected chi connectivity index (χ0v) is 20.6. The fraction of sp³-hybridized carbons (Fsp3) is 0.290. The molecule has 0 saturated heterocycles. The van der Waals surface area contributed by atoms with Crippen LogP contribution < -0.4 is 4.74 Å². The third-order valence-corrected chi connectivity index (χ3v) is 7.54. The van der Waals surface area contributed by atoms with E-state index in [0.29, 0.717) is 12.3 Å². The Morgan fingerprint density at radius 1 is 0.917 bits per heavy atom. The monoisotopic (exact) mass is 477 g/mol. The molecule has 2 aliphatic rings. The van der Waals surface area contributed by atoms with Crippen molar-refractivity contribution < 1.29 is 9.53 Å². The van der Waals surface area contributed by atoms with E-state index in [2.05, 4.69) is 70.6 Å². The molecule has 1 amide bonds. The minimum absolute atomic E-state index is 0.0668. The molecule has 5 nitrogen and oxygen atoms in total. The van der Waals surface area contributed by atoms with Crippen molar-refractivity contribution in [3.63, 3.8) is 0 Å². The first-order valence-electron chi connectivity index (χ1n) is 12.9. The number of hydrogen-bond acceptors (Lipinski definition) is 3. The van der Waals surface area contributed by atoms with Gasteiger partial charge < -0.3 is 9.64 Å². The van der Waals surface area contributed by atoms with Gasteiger partial charge in [-0.15, -0.1) is 0 Å². The summed E-state index contributed by atoms with van der Waals surface area (Å²) < 4.78 is 6.03. The zero-order valence-electron chi connectivity index (χ0n) is 20.6. The summed E-state index contributed by atoms with van der Waals surface area (Å²) in [5.41, 5.74) is 6.95. The number of amides is 1. The number of ether oxygens (including phenoxy) is 1. The van der Waals surface area contributed by atoms with Crippen LogP contribution in [0.25, 0.3) is 11.3 Å². The van der Waals surface area contributed by atoms with Crippen molar-refractivity contribution in [1.82, 2.24) is 15.1 Å². The van der Waals surface area contributed by atoms with E-state index in [1.54, 1.807) is 0 Å². The van der Waals surface area contributed by atoms with Crippen LogP contribution in [0, 0.1) is 6.92 Å². The van der Waals surface area contributed by atoms with Crippen molar-refractivity contribution in [2.75, 3.05) is 0 Å². The molecule has 4 aromatic rings. The van der Waals surface area contributed by atoms with E-state index < -0.39 is 0 Å². The van der Waals surface area contributed by atoms with Crippen molar-refractivity contribution in [3.05, 3.63) is 107 Å². The highest BCUT2D eigenvalue weighted by Crippen LogP contribution is 2.46. The number of aromatic nitrogens is 2. The van der Waals surface area contributed by atoms with E-state index in [0.717, 1.165) is 46.5 Å². The summed E-state index contributed by atoms with van der Waals surface area (Å²) in [5.74, 6) is 0.888. The maximum atomic E-state index is 13.7. The second kappa shape index (κ2) is 9.65. The number of benzene rings is 3. The molecule has 3 aromatic carbocycles. The lowest BCUT2D eigenvalue weighted by atomic mass is 9.91. The highest BCUT2D eigenvalue weighted by Gasteiger charge is 2.45. The van der Waals surface area contributed by atoms with Gasteiger partial charge in [0.25, 0.3) is 5.91 Å². The van der Waals surface area contributed by atoms with Gasteiger partial charge in [-0.25, -0.2) is 0 Å². The van der Waals surface area contributed by atoms with Gasteiger partial charge in [0.15, 0.2) is 0 Å². The number of H-pyrrole nitrogens is 1. The smallest absolute Gasteiger partial charge is 0.273 e. The van der Waals surface area contributed by atoms with Gasteiger partial charge in [-0.1, -0.05) is 91.6 Å². The maximum absolute atomic E-state index is 13.7. The zero-order chi connectivity index (χ0) is 24.5. The first-order valence-corrected chi connectivity index (χ1v) is 12.9. The molecule has 0 bridgehead atoms. The van der Waals surface area contributed by atoms with Crippen LogP contribution in [0.1, 0.15) is 70.9 Å². The highest BCUT2D eigenvalue weighted by molar-refractivity contribution is 6.00. The molecule has 2 heterocycles. The Morgan fingerprint density at radius 2 is 1.64 bits per heavy atom. The number of nitrogens with zero attached hydrogens (tertiary/aromatic N) is 2. The molecule has 6 rings (SSSR count). The van der Waals surface area contributed by atoms with Crippen LogP contribution in [0.2, 0.25) is 0 Å². The number of aryl methyl sites for hydroxylation is 1. The van der Waals surface area contributed by atoms with Gasteiger partial charge in [-0.3, -0.25) is 9.89 Å². The number of aromatic amines is 1. The number of fused-ring (bicyclic) bond motifs is 1. The normalized spacial score (nSPS) is 17.9. The van der Waals surface area contributed by atoms with Crippen LogP contribution in [0.3, 0.4) is 0 Å². The third kappa shape index (κ3) is 4.19. The number of nitrogens with one attached hydrogen (secondary N) is 1. The number of carbonyl (C=O) groups excluding carboxylic acids is 1. The second-order valence-electron chi connectivity index (χ2n) is 9.98. The van der Waals surface area contributed by atoms with E-state index in [9.17, 15) is 4.79 Å². The topological polar surface area (TPSA) is 58.2 Å². The molecule has 0 radical (unpaired) electrons. The standard InChI is InChI=1S/C31H31N3O2/c1-21-12-14-23(15-13-21)28-27-29(33-32-28)31(35)34(25-10-6-3-7-11-25)30(27)24-16-18-26(19-17-24)36-20-22-8-4-2-5-9-22/h2,4-5,8-9,12-19,25,30H,3,6-7,10-11,20H2,1H3,(H,32,33). The van der Waals surface area contributed by atoms with Gasteiger partial charge in [0.05, 0.1) is 11.7 Å². The van der Waals surface area contributed by atoms with Crippen molar-refractivity contribution in [3.8, 4) is 17.0 Å². The molecule has 182 valence electrons. The van der Waals surface area contributed by atoms with Crippen LogP contribution in [-0.2, 0) is 6.61 Å². The van der Waals surface area contributed by atoms with Crippen LogP contribution in [0.15, 0.2) is 78.9 Å². The summed E-state index contributed by atoms with van der Waals surface area (Å²) in [6, 6.07) is 26.9. The first-order chi connectivity index (χ1) is 17.7. The van der Waals surface area contributed by atoms with Gasteiger partial charge in [0.1, 0.15) is 18.1 Å². The lowest BCUT2D eigenvalue weighted by Gasteiger charge is -2.36. The van der Waals surface area contributed by atoms with Crippen LogP contribution in [0.4, 0.5) is 0 Å². The Morgan fingerprint density at radius 3 is 2.36 bits per heavy atom. The molecule has 1 aromatic heterocycles. The molecule has 1 saturated carbocycles. The molecule has 0 spiro atoms. The van der Waals surface area contributed by atoms with Crippen molar-refractivity contribution in [2.24, 2.45) is 0 Å². The van der Waals surface area contributed by atoms with Gasteiger partial charge in [-0.2, -0.15) is 5.10 Å². The fourth-order valence-corrected chi connectivity index (χ4v) is 5.65. The predicted octanol–water partition coefficient (Wildman–Crippen LogP) is 6.84. The molecule has 1 aliphatic heterocycles. The van der Waals surface area contributed by atoms with Crippen LogP contribution in [0.5, 0.6) is 5.75 Å². The Bertz CT molecular complexity index is 1340. The molecular formula is C31H31N3O2. The molecule has 36 heavy (non-hydrogen) atoms. The first kappa shape index (κ1) is 22.6. The quantitative estimate of drug-likeness (QED) is 0.331. The van der Waals surface area contributed by atoms with E-state index >= 15 is 0 Å². The summed E-state index contributed by atoms with van der Waals surface area (Å²) >= 11 is 0. The van der Waals surface area contributed by atoms with Crippen molar-refractivity contribution in [1.29, 1.82) is 0 Å². The summed E-state index contributed by atoms with van der Waals surface area (Å²) in [4.78, 5) is 15.9. The maximum Gasteiger partial charge on any atom is 0.273 e. The summed E-state index contributed by atoms with van der Waals surface area (Å²) in [6.45, 7) is 2.61. The summed E-state index contributed by atoms with van der Waals surface area (Å²) in [6.07, 6.45) is 5.70. The number of rotatable bonds is 6. The SMILES string of the molecule is Cc1ccc(-c2n[nH]c3c2C(c2ccc(OCc4ccccc4)cc2)N(C2CCCCC2)C3=O)cc1. The van der Waals surface area contributed by atoms with E-state index in [1.807, 2.05) is 30.3 Å². The second-order valence-corrected chi connectivity index (χ2v) is 9.98. The minimum atomic E-state index is -0.158. The predicted molar refractivity (Wildman–Crippen MR) is 141 cm³/mol. The fourth-order valence-electron chi connectivity index (χ4n) is 5.65. The van der Waals surface area contributed by atoms with Gasteiger partial charge >= 0.3 is 0 Å². The van der Waals surface area contributed by atoms with E-state index in [4.69, 9.17) is 4.74 Å². The van der Waals surface area contributed by atoms with Crippen LogP contribution in [-0.4, -0.2) is 27.0 Å². The Kier molecular flexibility index (Phi) is 6.06. The molecular weight excluding hydrogens is 446 g/mol. The average Bonchev–Trinajstić information content (AvgIpc) is 3.48. The lowest BCUT2D eigenvalue weighted by Crippen LogP contribution is -2.40. The molecule has 1 aliphatic carbocycles. The molecule has 1 atom stereocenters. The van der Waals surface area contributed by atoms with Crippen molar-refractivity contribution in [2.45, 2.75) is 57.7 Å². The highest BCUT2D eigenvalue weighted by atomic mass is 16.5.